The number of nitrogens with one attached hydrogen (secondary N) is 1. The van der Waals surface area contributed by atoms with Gasteiger partial charge >= 0.3 is 17.1 Å². The molecule has 4 rings (SSSR count). The van der Waals surface area contributed by atoms with E-state index in [1.807, 2.05) is 0 Å². The van der Waals surface area contributed by atoms with Gasteiger partial charge in [-0.25, -0.2) is 19.3 Å². The number of aliphatic hydroxyl groups excluding tert-OH is 3. The fourth-order valence-corrected chi connectivity index (χ4v) is 3.07. The maximum Gasteiger partial charge on any atom is 3.00 e. The Morgan fingerprint density at radius 1 is 1.10 bits per heavy atom. The number of hydrogen-bond donors (Lipinski definition) is 4. The van der Waals surface area contributed by atoms with Gasteiger partial charge in [0.15, 0.2) is 23.2 Å². The van der Waals surface area contributed by atoms with Crippen molar-refractivity contribution in [3.05, 3.63) is 48.3 Å². The molecule has 0 bridgehead atoms. The predicted octanol–water partition coefficient (Wildman–Crippen LogP) is -2.81. The molecule has 2 aromatic heterocycles. The molecule has 1 radical (unpaired) electrons. The first-order chi connectivity index (χ1) is 13.1. The van der Waals surface area contributed by atoms with E-state index in [0.717, 1.165) is 5.56 Å². The van der Waals surface area contributed by atoms with Crippen LogP contribution in [0.25, 0.3) is 11.2 Å². The van der Waals surface area contributed by atoms with Crippen molar-refractivity contribution in [2.24, 2.45) is 0 Å². The summed E-state index contributed by atoms with van der Waals surface area (Å²) < 4.78 is 20.0. The third kappa shape index (κ3) is 4.51. The molecule has 3 aromatic rings. The molecule has 0 aliphatic carbocycles. The number of imidazole rings is 1. The zero-order valence-electron chi connectivity index (χ0n) is 14.8. The number of halogens is 2. The summed E-state index contributed by atoms with van der Waals surface area (Å²) in [7, 11) is 0. The van der Waals surface area contributed by atoms with Gasteiger partial charge in [-0.15, -0.1) is 0 Å². The van der Waals surface area contributed by atoms with Crippen molar-refractivity contribution in [1.29, 1.82) is 0 Å². The van der Waals surface area contributed by atoms with Crippen LogP contribution in [0.15, 0.2) is 36.9 Å². The first-order valence-corrected chi connectivity index (χ1v) is 8.37. The third-order valence-electron chi connectivity index (χ3n) is 4.52. The van der Waals surface area contributed by atoms with Gasteiger partial charge in [0, 0.05) is 6.54 Å². The van der Waals surface area contributed by atoms with Gasteiger partial charge < -0.3 is 37.8 Å². The van der Waals surface area contributed by atoms with E-state index < -0.39 is 31.1 Å². The van der Waals surface area contributed by atoms with E-state index in [1.54, 1.807) is 12.1 Å². The fourth-order valence-electron chi connectivity index (χ4n) is 3.07. The molecular formula is C17H18ClFFeN5O4+2. The number of nitrogens with zero attached hydrogens (tertiary/aromatic N) is 4. The van der Waals surface area contributed by atoms with Crippen molar-refractivity contribution < 1.29 is 53.9 Å². The molecule has 12 heteroatoms. The van der Waals surface area contributed by atoms with Crippen LogP contribution in [-0.4, -0.2) is 59.8 Å². The summed E-state index contributed by atoms with van der Waals surface area (Å²) in [5.41, 5.74) is 1.73. The molecule has 1 saturated heterocycles. The monoisotopic (exact) mass is 466 g/mol. The second-order valence-electron chi connectivity index (χ2n) is 6.26. The zero-order valence-corrected chi connectivity index (χ0v) is 16.7. The minimum Gasteiger partial charge on any atom is -1.00 e. The maximum atomic E-state index is 13.0. The van der Waals surface area contributed by atoms with Gasteiger partial charge in [0.25, 0.3) is 0 Å². The molecule has 1 aliphatic heterocycles. The Balaban J connectivity index is 0.00000150. The third-order valence-corrected chi connectivity index (χ3v) is 4.52. The molecule has 9 nitrogen and oxygen atoms in total. The van der Waals surface area contributed by atoms with Crippen LogP contribution in [0.2, 0.25) is 0 Å². The molecule has 4 N–H and O–H groups in total. The van der Waals surface area contributed by atoms with Gasteiger partial charge in [0.05, 0.1) is 12.9 Å². The average Bonchev–Trinajstić information content (AvgIpc) is 3.23. The molecule has 0 saturated carbocycles. The quantitative estimate of drug-likeness (QED) is 0.297. The molecule has 1 aliphatic rings. The van der Waals surface area contributed by atoms with Crippen molar-refractivity contribution in [1.82, 2.24) is 19.5 Å². The van der Waals surface area contributed by atoms with E-state index in [9.17, 15) is 19.7 Å². The van der Waals surface area contributed by atoms with Crippen molar-refractivity contribution in [2.45, 2.75) is 31.1 Å². The Hall–Kier alpha value is -1.85. The first kappa shape index (κ1) is 23.4. The Morgan fingerprint density at radius 2 is 1.83 bits per heavy atom. The number of hydrogen-bond acceptors (Lipinski definition) is 8. The van der Waals surface area contributed by atoms with E-state index in [1.165, 1.54) is 29.4 Å². The summed E-state index contributed by atoms with van der Waals surface area (Å²) in [4.78, 5) is 12.6. The van der Waals surface area contributed by atoms with E-state index in [-0.39, 0.29) is 35.3 Å². The summed E-state index contributed by atoms with van der Waals surface area (Å²) >= 11 is 0. The SMILES string of the molecule is OCC1OC(n2cnc3c(NCc4ccc(F)cc4)ncnc32)[C@@H](O)[C@H]1O.[Cl-].[Fe+3]. The second kappa shape index (κ2) is 9.77. The second-order valence-corrected chi connectivity index (χ2v) is 6.26. The number of anilines is 1. The minimum atomic E-state index is -1.23. The molecule has 155 valence electrons. The number of aliphatic hydroxyl groups is 3. The van der Waals surface area contributed by atoms with Gasteiger partial charge in [0.1, 0.15) is 30.5 Å². The van der Waals surface area contributed by atoms with Crippen LogP contribution < -0.4 is 17.7 Å². The van der Waals surface area contributed by atoms with E-state index in [0.29, 0.717) is 23.5 Å². The molecule has 3 heterocycles. The largest absolute Gasteiger partial charge is 3.00 e. The molecule has 4 atom stereocenters. The van der Waals surface area contributed by atoms with Crippen LogP contribution in [0.4, 0.5) is 10.2 Å². The normalized spacial score (nSPS) is 23.4. The summed E-state index contributed by atoms with van der Waals surface area (Å²) in [6.45, 7) is -0.00603. The molecular weight excluding hydrogens is 449 g/mol. The molecule has 29 heavy (non-hydrogen) atoms. The van der Waals surface area contributed by atoms with Crippen LogP contribution in [0.3, 0.4) is 0 Å². The molecule has 2 unspecified atom stereocenters. The maximum absolute atomic E-state index is 13.0. The molecule has 0 amide bonds. The number of aromatic nitrogens is 4. The number of benzene rings is 1. The fraction of sp³-hybridized carbons (Fsp3) is 0.353. The molecule has 1 fully saturated rings. The Bertz CT molecular complexity index is 947. The van der Waals surface area contributed by atoms with E-state index >= 15 is 0 Å². The van der Waals surface area contributed by atoms with Gasteiger partial charge in [-0.3, -0.25) is 4.57 Å². The standard InChI is InChI=1S/C17H18FN5O4.ClH.Fe/c18-10-3-1-9(2-4-10)5-19-15-12-16(21-7-20-15)23(8-22-12)17-14(26)13(25)11(6-24)27-17;;/h1-4,7-8,11,13-14,17,24-26H,5-6H2,(H,19,20,21);1H;/q;;+3/p-1/t11?,13-,14-,17?;;/m0../s1. The van der Waals surface area contributed by atoms with Crippen LogP contribution >= 0.6 is 0 Å². The van der Waals surface area contributed by atoms with Crippen LogP contribution in [0.5, 0.6) is 0 Å². The average molecular weight is 467 g/mol. The first-order valence-electron chi connectivity index (χ1n) is 8.37. The Kier molecular flexibility index (Phi) is 7.89. The van der Waals surface area contributed by atoms with Crippen LogP contribution in [-0.2, 0) is 28.4 Å². The number of ether oxygens (including phenoxy) is 1. The molecule has 0 spiro atoms. The van der Waals surface area contributed by atoms with E-state index in [2.05, 4.69) is 20.3 Å². The summed E-state index contributed by atoms with van der Waals surface area (Å²) in [5.74, 6) is 0.162. The van der Waals surface area contributed by atoms with E-state index in [4.69, 9.17) is 4.74 Å². The van der Waals surface area contributed by atoms with Gasteiger partial charge in [0.2, 0.25) is 0 Å². The Morgan fingerprint density at radius 3 is 2.48 bits per heavy atom. The van der Waals surface area contributed by atoms with Gasteiger partial charge in [-0.1, -0.05) is 12.1 Å². The summed E-state index contributed by atoms with van der Waals surface area (Å²) in [5, 5.41) is 32.5. The van der Waals surface area contributed by atoms with Gasteiger partial charge in [-0.05, 0) is 17.7 Å². The van der Waals surface area contributed by atoms with Crippen molar-refractivity contribution in [3.63, 3.8) is 0 Å². The number of fused-ring (bicyclic) bond motifs is 1. The number of rotatable bonds is 5. The van der Waals surface area contributed by atoms with Crippen LogP contribution in [0, 0.1) is 5.82 Å². The zero-order chi connectivity index (χ0) is 19.0. The van der Waals surface area contributed by atoms with Crippen molar-refractivity contribution in [2.75, 3.05) is 11.9 Å². The predicted molar refractivity (Wildman–Crippen MR) is 92.1 cm³/mol. The van der Waals surface area contributed by atoms with Gasteiger partial charge in [-0.2, -0.15) is 0 Å². The minimum absolute atomic E-state index is 0. The van der Waals surface area contributed by atoms with Crippen LogP contribution in [0.1, 0.15) is 11.8 Å². The van der Waals surface area contributed by atoms with Crippen molar-refractivity contribution >= 4 is 17.0 Å². The van der Waals surface area contributed by atoms with Crippen molar-refractivity contribution in [3.8, 4) is 0 Å². The topological polar surface area (TPSA) is 126 Å². The summed E-state index contributed by atoms with van der Waals surface area (Å²) in [6.07, 6.45) is -1.49. The smallest absolute Gasteiger partial charge is 1.00 e. The summed E-state index contributed by atoms with van der Waals surface area (Å²) in [6, 6.07) is 6.09. The molecule has 1 aromatic carbocycles. The Labute approximate surface area is 181 Å².